The van der Waals surface area contributed by atoms with E-state index in [4.69, 9.17) is 0 Å². The molecule has 1 fully saturated rings. The van der Waals surface area contributed by atoms with Gasteiger partial charge in [-0.05, 0) is 48.9 Å². The van der Waals surface area contributed by atoms with E-state index in [1.807, 2.05) is 46.8 Å². The van der Waals surface area contributed by atoms with Crippen molar-refractivity contribution in [2.24, 2.45) is 0 Å². The minimum atomic E-state index is -4.36. The molecule has 0 bridgehead atoms. The van der Waals surface area contributed by atoms with Crippen LogP contribution < -0.4 is 10.3 Å². The highest BCUT2D eigenvalue weighted by Gasteiger charge is 2.31. The number of nitrogens with one attached hydrogen (secondary N) is 1. The second-order valence-electron chi connectivity index (χ2n) is 9.35. The summed E-state index contributed by atoms with van der Waals surface area (Å²) in [6.45, 7) is 5.27. The summed E-state index contributed by atoms with van der Waals surface area (Å²) in [6.07, 6.45) is -1.19. The molecule has 1 amide bonds. The number of carbonyl (C=O) groups excluding carboxylic acids is 1. The smallest absolute Gasteiger partial charge is 0.369 e. The van der Waals surface area contributed by atoms with Gasteiger partial charge in [0.2, 0.25) is 0 Å². The van der Waals surface area contributed by atoms with Gasteiger partial charge in [-0.1, -0.05) is 36.4 Å². The number of benzene rings is 2. The fourth-order valence-corrected chi connectivity index (χ4v) is 4.83. The molecule has 1 aliphatic heterocycles. The highest BCUT2D eigenvalue weighted by molar-refractivity contribution is 6.00. The lowest BCUT2D eigenvalue weighted by Crippen LogP contribution is -2.46. The second kappa shape index (κ2) is 10.7. The van der Waals surface area contributed by atoms with Gasteiger partial charge in [-0.3, -0.25) is 24.8 Å². The molecule has 0 spiro atoms. The van der Waals surface area contributed by atoms with E-state index in [0.29, 0.717) is 44.0 Å². The van der Waals surface area contributed by atoms with Crippen LogP contribution in [0.4, 0.5) is 18.9 Å². The lowest BCUT2D eigenvalue weighted by atomic mass is 10.1. The summed E-state index contributed by atoms with van der Waals surface area (Å²) >= 11 is 0. The van der Waals surface area contributed by atoms with Gasteiger partial charge in [-0.15, -0.1) is 0 Å². The van der Waals surface area contributed by atoms with Gasteiger partial charge in [-0.25, -0.2) is 0 Å². The number of hydrogen-bond acceptors (Lipinski definition) is 4. The first-order chi connectivity index (χ1) is 18.3. The van der Waals surface area contributed by atoms with E-state index in [2.05, 4.69) is 21.4 Å². The Morgan fingerprint density at radius 2 is 1.63 bits per heavy atom. The molecule has 0 unspecified atom stereocenters. The molecule has 5 rings (SSSR count). The van der Waals surface area contributed by atoms with E-state index in [0.717, 1.165) is 28.6 Å². The summed E-state index contributed by atoms with van der Waals surface area (Å²) in [5, 5.41) is 0. The minimum absolute atomic E-state index is 0.232. The maximum absolute atomic E-state index is 13.2. The zero-order valence-corrected chi connectivity index (χ0v) is 20.9. The fourth-order valence-electron chi connectivity index (χ4n) is 4.83. The summed E-state index contributed by atoms with van der Waals surface area (Å²) in [5.74, 6) is -0.232. The minimum Gasteiger partial charge on any atom is -0.369 e. The zero-order valence-electron chi connectivity index (χ0n) is 20.9. The van der Waals surface area contributed by atoms with Crippen molar-refractivity contribution in [3.05, 3.63) is 108 Å². The summed E-state index contributed by atoms with van der Waals surface area (Å²) in [5.41, 5.74) is 7.35. The third-order valence-corrected chi connectivity index (χ3v) is 6.77. The van der Waals surface area contributed by atoms with Crippen LogP contribution in [0.25, 0.3) is 11.3 Å². The first kappa shape index (κ1) is 25.5. The van der Waals surface area contributed by atoms with Crippen LogP contribution in [0.3, 0.4) is 0 Å². The molecular weight excluding hydrogens is 491 g/mol. The zero-order chi connectivity index (χ0) is 26.7. The van der Waals surface area contributed by atoms with Crippen molar-refractivity contribution in [3.63, 3.8) is 0 Å². The maximum atomic E-state index is 13.2. The molecule has 196 valence electrons. The largest absolute Gasteiger partial charge is 0.416 e. The summed E-state index contributed by atoms with van der Waals surface area (Å²) in [7, 11) is 0. The maximum Gasteiger partial charge on any atom is 0.416 e. The summed E-state index contributed by atoms with van der Waals surface area (Å²) < 4.78 is 41.3. The Labute approximate surface area is 219 Å². The first-order valence-corrected chi connectivity index (χ1v) is 12.4. The third kappa shape index (κ3) is 5.57. The number of carbonyl (C=O) groups is 1. The second-order valence-corrected chi connectivity index (χ2v) is 9.35. The molecule has 0 radical (unpaired) electrons. The number of aromatic nitrogens is 2. The number of anilines is 1. The number of aryl methyl sites for hydroxylation is 1. The van der Waals surface area contributed by atoms with Gasteiger partial charge in [0.15, 0.2) is 0 Å². The van der Waals surface area contributed by atoms with E-state index in [9.17, 15) is 18.0 Å². The molecule has 38 heavy (non-hydrogen) atoms. The molecule has 4 aromatic rings. The van der Waals surface area contributed by atoms with E-state index >= 15 is 0 Å². The lowest BCUT2D eigenvalue weighted by molar-refractivity contribution is -0.137. The van der Waals surface area contributed by atoms with E-state index in [-0.39, 0.29) is 5.91 Å². The highest BCUT2D eigenvalue weighted by atomic mass is 19.4. The number of halogens is 3. The number of pyridine rings is 1. The van der Waals surface area contributed by atoms with Crippen molar-refractivity contribution in [3.8, 4) is 11.3 Å². The van der Waals surface area contributed by atoms with Crippen molar-refractivity contribution >= 4 is 11.6 Å². The van der Waals surface area contributed by atoms with Crippen LogP contribution in [-0.4, -0.2) is 46.6 Å². The van der Waals surface area contributed by atoms with Crippen LogP contribution in [0.15, 0.2) is 85.2 Å². The van der Waals surface area contributed by atoms with E-state index in [1.54, 1.807) is 30.6 Å². The average Bonchev–Trinajstić information content (AvgIpc) is 3.23. The highest BCUT2D eigenvalue weighted by Crippen LogP contribution is 2.32. The van der Waals surface area contributed by atoms with Crippen LogP contribution in [0.1, 0.15) is 27.2 Å². The molecule has 6 nitrogen and oxygen atoms in total. The SMILES string of the molecule is Cc1cc(CN2CCN(c3cccc(C(F)(F)F)c3)CC2)c(-c2ccccc2)n1NC(=O)c1ccncc1. The number of alkyl halides is 3. The molecular formula is C29H28F3N5O. The van der Waals surface area contributed by atoms with Crippen molar-refractivity contribution in [2.45, 2.75) is 19.6 Å². The number of hydrogen-bond donors (Lipinski definition) is 1. The van der Waals surface area contributed by atoms with Gasteiger partial charge in [0.05, 0.1) is 11.3 Å². The van der Waals surface area contributed by atoms with Gasteiger partial charge in [0.1, 0.15) is 0 Å². The number of nitrogens with zero attached hydrogens (tertiary/aromatic N) is 4. The summed E-state index contributed by atoms with van der Waals surface area (Å²) in [6, 6.07) is 20.8. The van der Waals surface area contributed by atoms with Crippen LogP contribution in [-0.2, 0) is 12.7 Å². The van der Waals surface area contributed by atoms with Gasteiger partial charge in [0, 0.05) is 67.6 Å². The summed E-state index contributed by atoms with van der Waals surface area (Å²) in [4.78, 5) is 21.2. The van der Waals surface area contributed by atoms with Crippen molar-refractivity contribution < 1.29 is 18.0 Å². The molecule has 2 aromatic heterocycles. The van der Waals surface area contributed by atoms with Crippen LogP contribution in [0.5, 0.6) is 0 Å². The van der Waals surface area contributed by atoms with Gasteiger partial charge < -0.3 is 4.90 Å². The molecule has 1 N–H and O–H groups in total. The quantitative estimate of drug-likeness (QED) is 0.361. The van der Waals surface area contributed by atoms with Crippen molar-refractivity contribution in [1.29, 1.82) is 0 Å². The molecule has 9 heteroatoms. The lowest BCUT2D eigenvalue weighted by Gasteiger charge is -2.36. The Hall–Kier alpha value is -4.11. The average molecular weight is 520 g/mol. The fraction of sp³-hybridized carbons (Fsp3) is 0.241. The monoisotopic (exact) mass is 519 g/mol. The van der Waals surface area contributed by atoms with Gasteiger partial charge in [0.25, 0.3) is 5.91 Å². The molecule has 0 atom stereocenters. The Kier molecular flexibility index (Phi) is 7.20. The molecule has 3 heterocycles. The van der Waals surface area contributed by atoms with Crippen LogP contribution in [0.2, 0.25) is 0 Å². The Morgan fingerprint density at radius 3 is 2.32 bits per heavy atom. The first-order valence-electron chi connectivity index (χ1n) is 12.4. The normalized spacial score (nSPS) is 14.5. The molecule has 0 aliphatic carbocycles. The van der Waals surface area contributed by atoms with Crippen LogP contribution in [0, 0.1) is 6.92 Å². The van der Waals surface area contributed by atoms with E-state index < -0.39 is 11.7 Å². The number of piperazine rings is 1. The Morgan fingerprint density at radius 1 is 0.921 bits per heavy atom. The Bertz CT molecular complexity index is 1390. The third-order valence-electron chi connectivity index (χ3n) is 6.77. The van der Waals surface area contributed by atoms with E-state index in [1.165, 1.54) is 12.1 Å². The predicted molar refractivity (Wildman–Crippen MR) is 141 cm³/mol. The Balaban J connectivity index is 1.35. The number of rotatable bonds is 6. The molecule has 0 saturated carbocycles. The van der Waals surface area contributed by atoms with Crippen molar-refractivity contribution in [2.75, 3.05) is 36.5 Å². The molecule has 1 saturated heterocycles. The number of amides is 1. The van der Waals surface area contributed by atoms with Crippen molar-refractivity contribution in [1.82, 2.24) is 14.6 Å². The van der Waals surface area contributed by atoms with Gasteiger partial charge in [-0.2, -0.15) is 13.2 Å². The van der Waals surface area contributed by atoms with Crippen LogP contribution >= 0.6 is 0 Å². The molecule has 2 aromatic carbocycles. The molecule has 1 aliphatic rings. The standard InChI is InChI=1S/C29H28F3N5O/c1-21-18-24(20-35-14-16-36(17-15-35)26-9-5-8-25(19-26)29(30,31)32)27(22-6-3-2-4-7-22)37(21)34-28(38)23-10-12-33-13-11-23/h2-13,18-19H,14-17,20H2,1H3,(H,34,38). The predicted octanol–water partition coefficient (Wildman–Crippen LogP) is 5.58. The van der Waals surface area contributed by atoms with Gasteiger partial charge >= 0.3 is 6.18 Å². The topological polar surface area (TPSA) is 53.4 Å².